The number of carbonyl (C=O) groups excluding carboxylic acids is 2. The van der Waals surface area contributed by atoms with E-state index in [0.29, 0.717) is 12.1 Å². The summed E-state index contributed by atoms with van der Waals surface area (Å²) in [5.41, 5.74) is 8.00. The highest BCUT2D eigenvalue weighted by molar-refractivity contribution is 6.07. The van der Waals surface area contributed by atoms with E-state index in [1.54, 1.807) is 6.07 Å². The number of carbonyl (C=O) groups is 2. The van der Waals surface area contributed by atoms with Crippen LogP contribution >= 0.6 is 0 Å². The molecule has 2 heterocycles. The average molecular weight is 430 g/mol. The number of amides is 2. The number of hydrogen-bond donors (Lipinski definition) is 2. The molecule has 2 aromatic carbocycles. The van der Waals surface area contributed by atoms with Crippen molar-refractivity contribution >= 4 is 17.6 Å². The van der Waals surface area contributed by atoms with Gasteiger partial charge in [-0.15, -0.1) is 0 Å². The third kappa shape index (κ3) is 4.18. The highest BCUT2D eigenvalue weighted by atomic mass is 19.4. The predicted molar refractivity (Wildman–Crippen MR) is 109 cm³/mol. The van der Waals surface area contributed by atoms with Crippen molar-refractivity contribution in [3.63, 3.8) is 0 Å². The van der Waals surface area contributed by atoms with Gasteiger partial charge in [-0.2, -0.15) is 18.2 Å². The molecule has 2 unspecified atom stereocenters. The second-order valence-electron chi connectivity index (χ2n) is 7.68. The fraction of sp³-hybridized carbons (Fsp3) is 0.318. The molecular weight excluding hydrogens is 409 g/mol. The van der Waals surface area contributed by atoms with E-state index < -0.39 is 17.9 Å². The van der Waals surface area contributed by atoms with Crippen LogP contribution in [0.5, 0.6) is 0 Å². The van der Waals surface area contributed by atoms with Crippen molar-refractivity contribution in [2.24, 2.45) is 10.7 Å². The molecule has 2 aliphatic heterocycles. The number of amidine groups is 1. The zero-order chi connectivity index (χ0) is 22.2. The van der Waals surface area contributed by atoms with Gasteiger partial charge in [-0.05, 0) is 30.2 Å². The number of nitrogens with two attached hydrogens (primary N) is 1. The van der Waals surface area contributed by atoms with Gasteiger partial charge in [0.1, 0.15) is 5.84 Å². The molecule has 162 valence electrons. The van der Waals surface area contributed by atoms with Crippen LogP contribution in [0.2, 0.25) is 0 Å². The SMILES string of the molecule is NC(=NC(=O)C(F)(F)F)c1ccc2c(c1)C(=O)N(C1CCNCC1c1ccccc1)C2. The maximum Gasteiger partial charge on any atom is 0.473 e. The van der Waals surface area contributed by atoms with Crippen molar-refractivity contribution in [3.05, 3.63) is 70.8 Å². The highest BCUT2D eigenvalue weighted by Crippen LogP contribution is 2.34. The molecule has 31 heavy (non-hydrogen) atoms. The van der Waals surface area contributed by atoms with Gasteiger partial charge in [0.15, 0.2) is 0 Å². The van der Waals surface area contributed by atoms with Crippen LogP contribution in [0.1, 0.15) is 39.4 Å². The highest BCUT2D eigenvalue weighted by Gasteiger charge is 2.40. The minimum absolute atomic E-state index is 0.00942. The largest absolute Gasteiger partial charge is 0.473 e. The van der Waals surface area contributed by atoms with E-state index in [2.05, 4.69) is 10.3 Å². The number of halogens is 3. The minimum atomic E-state index is -5.10. The molecule has 0 aliphatic carbocycles. The summed E-state index contributed by atoms with van der Waals surface area (Å²) in [6.45, 7) is 1.96. The van der Waals surface area contributed by atoms with Crippen molar-refractivity contribution in [1.82, 2.24) is 10.2 Å². The van der Waals surface area contributed by atoms with Gasteiger partial charge in [0.2, 0.25) is 0 Å². The lowest BCUT2D eigenvalue weighted by Gasteiger charge is -2.38. The number of nitrogens with one attached hydrogen (secondary N) is 1. The third-order valence-corrected chi connectivity index (χ3v) is 5.78. The maximum atomic E-state index is 13.2. The molecule has 0 spiro atoms. The van der Waals surface area contributed by atoms with Crippen LogP contribution in [0.3, 0.4) is 0 Å². The molecule has 0 radical (unpaired) electrons. The quantitative estimate of drug-likeness (QED) is 0.579. The van der Waals surface area contributed by atoms with Crippen LogP contribution in [0.4, 0.5) is 13.2 Å². The van der Waals surface area contributed by atoms with Crippen molar-refractivity contribution in [2.75, 3.05) is 13.1 Å². The van der Waals surface area contributed by atoms with E-state index in [1.807, 2.05) is 35.2 Å². The van der Waals surface area contributed by atoms with Crippen molar-refractivity contribution in [3.8, 4) is 0 Å². The summed E-state index contributed by atoms with van der Waals surface area (Å²) in [6.07, 6.45) is -4.31. The van der Waals surface area contributed by atoms with E-state index in [9.17, 15) is 22.8 Å². The molecule has 6 nitrogen and oxygen atoms in total. The summed E-state index contributed by atoms with van der Waals surface area (Å²) in [6, 6.07) is 14.5. The van der Waals surface area contributed by atoms with Gasteiger partial charge in [-0.1, -0.05) is 42.5 Å². The molecule has 3 N–H and O–H groups in total. The zero-order valence-corrected chi connectivity index (χ0v) is 16.5. The Morgan fingerprint density at radius 3 is 2.61 bits per heavy atom. The fourth-order valence-corrected chi connectivity index (χ4v) is 4.25. The Bertz CT molecular complexity index is 1040. The van der Waals surface area contributed by atoms with Gasteiger partial charge in [-0.25, -0.2) is 0 Å². The lowest BCUT2D eigenvalue weighted by atomic mass is 9.86. The number of alkyl halides is 3. The Labute approximate surface area is 176 Å². The topological polar surface area (TPSA) is 87.8 Å². The summed E-state index contributed by atoms with van der Waals surface area (Å²) in [5.74, 6) is -2.91. The standard InChI is InChI=1S/C22H21F3N4O2/c23-22(24,25)21(31)28-19(26)14-6-7-15-12-29(20(30)16(15)10-14)18-8-9-27-11-17(18)13-4-2-1-3-5-13/h1-7,10,17-18,27H,8-9,11-12H2,(H2,26,28,31). The molecule has 0 aromatic heterocycles. The molecule has 0 saturated carbocycles. The van der Waals surface area contributed by atoms with E-state index in [1.165, 1.54) is 12.1 Å². The Morgan fingerprint density at radius 1 is 1.16 bits per heavy atom. The van der Waals surface area contributed by atoms with Crippen molar-refractivity contribution in [2.45, 2.75) is 31.1 Å². The van der Waals surface area contributed by atoms with E-state index in [0.717, 1.165) is 30.6 Å². The first-order valence-corrected chi connectivity index (χ1v) is 9.91. The Kier molecular flexibility index (Phi) is 5.53. The number of piperidine rings is 1. The second kappa shape index (κ2) is 8.14. The number of rotatable bonds is 3. The summed E-state index contributed by atoms with van der Waals surface area (Å²) in [5, 5.41) is 3.38. The third-order valence-electron chi connectivity index (χ3n) is 5.78. The molecule has 2 aromatic rings. The summed E-state index contributed by atoms with van der Waals surface area (Å²) < 4.78 is 37.4. The van der Waals surface area contributed by atoms with Crippen LogP contribution in [-0.4, -0.2) is 47.9 Å². The predicted octanol–water partition coefficient (Wildman–Crippen LogP) is 2.58. The van der Waals surface area contributed by atoms with Crippen LogP contribution in [-0.2, 0) is 11.3 Å². The number of nitrogens with zero attached hydrogens (tertiary/aromatic N) is 2. The summed E-state index contributed by atoms with van der Waals surface area (Å²) in [4.78, 5) is 29.1. The normalized spacial score (nSPS) is 21.8. The van der Waals surface area contributed by atoms with Crippen LogP contribution < -0.4 is 11.1 Å². The van der Waals surface area contributed by atoms with E-state index in [4.69, 9.17) is 5.73 Å². The first-order valence-electron chi connectivity index (χ1n) is 9.91. The molecule has 9 heteroatoms. The molecule has 1 saturated heterocycles. The molecule has 4 rings (SSSR count). The molecule has 2 amide bonds. The van der Waals surface area contributed by atoms with E-state index in [-0.39, 0.29) is 23.4 Å². The molecule has 2 atom stereocenters. The van der Waals surface area contributed by atoms with Crippen LogP contribution in [0.25, 0.3) is 0 Å². The van der Waals surface area contributed by atoms with Gasteiger partial charge in [0.25, 0.3) is 5.91 Å². The second-order valence-corrected chi connectivity index (χ2v) is 7.68. The van der Waals surface area contributed by atoms with Crippen LogP contribution in [0, 0.1) is 0 Å². The summed E-state index contributed by atoms with van der Waals surface area (Å²) >= 11 is 0. The Hall–Kier alpha value is -3.20. The Balaban J connectivity index is 1.59. The van der Waals surface area contributed by atoms with Crippen molar-refractivity contribution < 1.29 is 22.8 Å². The lowest BCUT2D eigenvalue weighted by Crippen LogP contribution is -2.48. The minimum Gasteiger partial charge on any atom is -0.383 e. The Morgan fingerprint density at radius 2 is 1.90 bits per heavy atom. The first-order chi connectivity index (χ1) is 14.8. The smallest absolute Gasteiger partial charge is 0.383 e. The van der Waals surface area contributed by atoms with Gasteiger partial charge in [-0.3, -0.25) is 9.59 Å². The molecule has 2 aliphatic rings. The molecular formula is C22H21F3N4O2. The maximum absolute atomic E-state index is 13.2. The average Bonchev–Trinajstić information content (AvgIpc) is 3.09. The van der Waals surface area contributed by atoms with Gasteiger partial charge >= 0.3 is 12.1 Å². The van der Waals surface area contributed by atoms with Crippen LogP contribution in [0.15, 0.2) is 53.5 Å². The number of fused-ring (bicyclic) bond motifs is 1. The number of hydrogen-bond acceptors (Lipinski definition) is 3. The zero-order valence-electron chi connectivity index (χ0n) is 16.5. The summed E-state index contributed by atoms with van der Waals surface area (Å²) in [7, 11) is 0. The van der Waals surface area contributed by atoms with Gasteiger partial charge in [0.05, 0.1) is 0 Å². The van der Waals surface area contributed by atoms with E-state index >= 15 is 0 Å². The van der Waals surface area contributed by atoms with Gasteiger partial charge in [0, 0.05) is 36.2 Å². The van der Waals surface area contributed by atoms with Crippen molar-refractivity contribution in [1.29, 1.82) is 0 Å². The van der Waals surface area contributed by atoms with Gasteiger partial charge < -0.3 is 16.0 Å². The fourth-order valence-electron chi connectivity index (χ4n) is 4.25. The monoisotopic (exact) mass is 430 g/mol. The molecule has 0 bridgehead atoms. The number of benzene rings is 2. The first kappa shape index (κ1) is 21.0. The lowest BCUT2D eigenvalue weighted by molar-refractivity contribution is -0.169. The number of aliphatic imine (C=N–C) groups is 1. The molecule has 1 fully saturated rings.